The summed E-state index contributed by atoms with van der Waals surface area (Å²) < 4.78 is 32.7. The molecule has 0 spiro atoms. The summed E-state index contributed by atoms with van der Waals surface area (Å²) in [5.41, 5.74) is 7.39. The number of ether oxygens (including phenoxy) is 3. The average Bonchev–Trinajstić information content (AvgIpc) is 3.45. The van der Waals surface area contributed by atoms with E-state index in [1.54, 1.807) is 36.5 Å². The third-order valence-electron chi connectivity index (χ3n) is 5.53. The number of halogens is 1. The van der Waals surface area contributed by atoms with Crippen molar-refractivity contribution in [3.63, 3.8) is 0 Å². The fraction of sp³-hybridized carbons (Fsp3) is 0.280. The molecule has 0 radical (unpaired) electrons. The van der Waals surface area contributed by atoms with Gasteiger partial charge in [0.2, 0.25) is 0 Å². The van der Waals surface area contributed by atoms with Gasteiger partial charge in [-0.1, -0.05) is 0 Å². The first kappa shape index (κ1) is 26.0. The van der Waals surface area contributed by atoms with Gasteiger partial charge in [0.05, 0.1) is 40.1 Å². The van der Waals surface area contributed by atoms with Crippen molar-refractivity contribution in [3.8, 4) is 22.2 Å². The molecule has 0 bridgehead atoms. The maximum absolute atomic E-state index is 14.3. The van der Waals surface area contributed by atoms with Gasteiger partial charge in [-0.25, -0.2) is 9.37 Å². The van der Waals surface area contributed by atoms with E-state index in [2.05, 4.69) is 9.97 Å². The maximum Gasteiger partial charge on any atom is 0.303 e. The minimum absolute atomic E-state index is 0.0606. The monoisotopic (exact) mass is 527 g/mol. The standard InChI is InChI=1S/C25H26FN5O5S/c1-15(32)35-14-23(33)31(8-9-34-3)13-17-12-29-25(30(17)2)22-11-19-24(37-22)21(6-7-28-19)36-20-5-4-16(27)10-18(20)26/h4-7,10-12H,8-9,13-14,27H2,1-3H3. The number of benzene rings is 1. The van der Waals surface area contributed by atoms with Gasteiger partial charge < -0.3 is 29.4 Å². The molecule has 0 fully saturated rings. The van der Waals surface area contributed by atoms with Crippen molar-refractivity contribution in [2.45, 2.75) is 13.5 Å². The zero-order valence-electron chi connectivity index (χ0n) is 20.6. The summed E-state index contributed by atoms with van der Waals surface area (Å²) in [4.78, 5) is 35.1. The van der Waals surface area contributed by atoms with E-state index < -0.39 is 11.8 Å². The van der Waals surface area contributed by atoms with E-state index in [-0.39, 0.29) is 24.8 Å². The molecule has 2 N–H and O–H groups in total. The van der Waals surface area contributed by atoms with Crippen molar-refractivity contribution < 1.29 is 28.2 Å². The molecule has 1 amide bonds. The van der Waals surface area contributed by atoms with Crippen LogP contribution < -0.4 is 10.5 Å². The zero-order chi connectivity index (χ0) is 26.5. The lowest BCUT2D eigenvalue weighted by molar-refractivity contribution is -0.150. The molecule has 0 atom stereocenters. The van der Waals surface area contributed by atoms with Gasteiger partial charge in [-0.15, -0.1) is 11.3 Å². The van der Waals surface area contributed by atoms with Gasteiger partial charge in [-0.3, -0.25) is 14.6 Å². The molecule has 0 aliphatic rings. The molecule has 194 valence electrons. The number of rotatable bonds is 10. The SMILES string of the molecule is COCCN(Cc1cnc(-c2cc3nccc(Oc4ccc(N)cc4F)c3s2)n1C)C(=O)COC(C)=O. The second-order valence-electron chi connectivity index (χ2n) is 8.15. The summed E-state index contributed by atoms with van der Waals surface area (Å²) in [6.45, 7) is 1.81. The number of imidazole rings is 1. The molecule has 4 aromatic rings. The number of carbonyl (C=O) groups excluding carboxylic acids is 2. The summed E-state index contributed by atoms with van der Waals surface area (Å²) >= 11 is 1.41. The first-order valence-corrected chi connectivity index (χ1v) is 12.1. The van der Waals surface area contributed by atoms with Crippen LogP contribution in [-0.2, 0) is 32.7 Å². The first-order valence-electron chi connectivity index (χ1n) is 11.3. The van der Waals surface area contributed by atoms with Crippen LogP contribution >= 0.6 is 11.3 Å². The Morgan fingerprint density at radius 2 is 2.00 bits per heavy atom. The second kappa shape index (κ2) is 11.4. The van der Waals surface area contributed by atoms with E-state index in [9.17, 15) is 14.0 Å². The van der Waals surface area contributed by atoms with Crippen LogP contribution in [0.4, 0.5) is 10.1 Å². The van der Waals surface area contributed by atoms with Crippen molar-refractivity contribution in [1.29, 1.82) is 0 Å². The van der Waals surface area contributed by atoms with Crippen LogP contribution in [0.2, 0.25) is 0 Å². The minimum atomic E-state index is -0.559. The molecule has 12 heteroatoms. The number of aromatic nitrogens is 3. The molecule has 3 aromatic heterocycles. The highest BCUT2D eigenvalue weighted by atomic mass is 32.1. The molecule has 3 heterocycles. The normalized spacial score (nSPS) is 11.0. The van der Waals surface area contributed by atoms with E-state index in [1.807, 2.05) is 17.7 Å². The number of nitrogens with two attached hydrogens (primary N) is 1. The number of hydrogen-bond acceptors (Lipinski definition) is 9. The molecular weight excluding hydrogens is 501 g/mol. The van der Waals surface area contributed by atoms with Gasteiger partial charge in [0.1, 0.15) is 11.6 Å². The van der Waals surface area contributed by atoms with Crippen molar-refractivity contribution in [3.05, 3.63) is 54.2 Å². The highest BCUT2D eigenvalue weighted by Crippen LogP contribution is 2.39. The van der Waals surface area contributed by atoms with Crippen LogP contribution in [0.3, 0.4) is 0 Å². The number of amides is 1. The average molecular weight is 528 g/mol. The minimum Gasteiger partial charge on any atom is -0.456 e. The number of thiophene rings is 1. The van der Waals surface area contributed by atoms with E-state index in [1.165, 1.54) is 30.4 Å². The fourth-order valence-corrected chi connectivity index (χ4v) is 4.69. The molecule has 0 unspecified atom stereocenters. The molecule has 1 aromatic carbocycles. The van der Waals surface area contributed by atoms with E-state index in [0.717, 1.165) is 15.3 Å². The van der Waals surface area contributed by atoms with Crippen LogP contribution in [0.5, 0.6) is 11.5 Å². The molecular formula is C25H26FN5O5S. The third-order valence-corrected chi connectivity index (χ3v) is 6.66. The fourth-order valence-electron chi connectivity index (χ4n) is 3.59. The number of anilines is 1. The molecule has 0 saturated heterocycles. The highest BCUT2D eigenvalue weighted by Gasteiger charge is 2.20. The number of methoxy groups -OCH3 is 1. The van der Waals surface area contributed by atoms with Gasteiger partial charge in [0.25, 0.3) is 5.91 Å². The van der Waals surface area contributed by atoms with Crippen molar-refractivity contribution in [2.24, 2.45) is 7.05 Å². The summed E-state index contributed by atoms with van der Waals surface area (Å²) in [6, 6.07) is 7.81. The van der Waals surface area contributed by atoms with Crippen LogP contribution in [0, 0.1) is 5.82 Å². The Labute approximate surface area is 216 Å². The Morgan fingerprint density at radius 1 is 1.19 bits per heavy atom. The molecule has 10 nitrogen and oxygen atoms in total. The van der Waals surface area contributed by atoms with E-state index in [4.69, 9.17) is 19.9 Å². The lowest BCUT2D eigenvalue weighted by Gasteiger charge is -2.22. The van der Waals surface area contributed by atoms with Crippen LogP contribution in [0.15, 0.2) is 42.7 Å². The number of nitrogen functional groups attached to an aromatic ring is 1. The molecule has 0 aliphatic heterocycles. The van der Waals surface area contributed by atoms with E-state index in [0.29, 0.717) is 35.9 Å². The first-order chi connectivity index (χ1) is 17.8. The number of pyridine rings is 1. The predicted molar refractivity (Wildman–Crippen MR) is 137 cm³/mol. The lowest BCUT2D eigenvalue weighted by atomic mass is 10.3. The lowest BCUT2D eigenvalue weighted by Crippen LogP contribution is -2.37. The summed E-state index contributed by atoms with van der Waals surface area (Å²) in [5.74, 6) is -0.230. The Kier molecular flexibility index (Phi) is 7.99. The Bertz CT molecular complexity index is 1440. The molecule has 0 saturated carbocycles. The number of fused-ring (bicyclic) bond motifs is 1. The second-order valence-corrected chi connectivity index (χ2v) is 9.20. The maximum atomic E-state index is 14.3. The Morgan fingerprint density at radius 3 is 2.73 bits per heavy atom. The Hall–Kier alpha value is -4.03. The van der Waals surface area contributed by atoms with Gasteiger partial charge in [0, 0.05) is 51.6 Å². The summed E-state index contributed by atoms with van der Waals surface area (Å²) in [7, 11) is 3.40. The van der Waals surface area contributed by atoms with Crippen LogP contribution in [0.25, 0.3) is 20.9 Å². The molecule has 37 heavy (non-hydrogen) atoms. The smallest absolute Gasteiger partial charge is 0.303 e. The number of carbonyl (C=O) groups is 2. The van der Waals surface area contributed by atoms with Gasteiger partial charge in [0.15, 0.2) is 18.2 Å². The topological polar surface area (TPSA) is 122 Å². The number of hydrogen-bond donors (Lipinski definition) is 1. The van der Waals surface area contributed by atoms with Crippen molar-refractivity contribution in [1.82, 2.24) is 19.4 Å². The molecule has 4 rings (SSSR count). The summed E-state index contributed by atoms with van der Waals surface area (Å²) in [5, 5.41) is 0. The largest absolute Gasteiger partial charge is 0.456 e. The van der Waals surface area contributed by atoms with Gasteiger partial charge >= 0.3 is 5.97 Å². The summed E-state index contributed by atoms with van der Waals surface area (Å²) in [6.07, 6.45) is 3.28. The van der Waals surface area contributed by atoms with Crippen molar-refractivity contribution >= 4 is 39.1 Å². The quantitative estimate of drug-likeness (QED) is 0.244. The third kappa shape index (κ3) is 6.04. The van der Waals surface area contributed by atoms with Crippen LogP contribution in [-0.4, -0.2) is 58.2 Å². The van der Waals surface area contributed by atoms with Crippen molar-refractivity contribution in [2.75, 3.05) is 32.6 Å². The highest BCUT2D eigenvalue weighted by molar-refractivity contribution is 7.22. The number of esters is 1. The molecule has 0 aliphatic carbocycles. The predicted octanol–water partition coefficient (Wildman–Crippen LogP) is 3.75. The van der Waals surface area contributed by atoms with Gasteiger partial charge in [-0.2, -0.15) is 0 Å². The van der Waals surface area contributed by atoms with E-state index >= 15 is 0 Å². The number of nitrogens with zero attached hydrogens (tertiary/aromatic N) is 4. The van der Waals surface area contributed by atoms with Crippen LogP contribution in [0.1, 0.15) is 12.6 Å². The van der Waals surface area contributed by atoms with Gasteiger partial charge in [-0.05, 0) is 18.2 Å². The Balaban J connectivity index is 1.59. The zero-order valence-corrected chi connectivity index (χ0v) is 21.4.